The van der Waals surface area contributed by atoms with Crippen LogP contribution in [0.3, 0.4) is 0 Å². The molecule has 0 radical (unpaired) electrons. The second-order valence-corrected chi connectivity index (χ2v) is 6.20. The third kappa shape index (κ3) is 5.20. The maximum absolute atomic E-state index is 12.9. The van der Waals surface area contributed by atoms with Gasteiger partial charge < -0.3 is 9.52 Å². The number of carboxylic acid groups (broad SMARTS) is 1. The molecule has 0 unspecified atom stereocenters. The first-order valence-electron chi connectivity index (χ1n) is 6.27. The van der Waals surface area contributed by atoms with Crippen molar-refractivity contribution < 1.29 is 24.5 Å². The summed E-state index contributed by atoms with van der Waals surface area (Å²) >= 11 is 6.15. The summed E-state index contributed by atoms with van der Waals surface area (Å²) in [4.78, 5) is 10.3. The molecule has 126 valence electrons. The van der Waals surface area contributed by atoms with Crippen LogP contribution in [0.5, 0.6) is 0 Å². The first-order chi connectivity index (χ1) is 11.3. The molecule has 24 heavy (non-hydrogen) atoms. The first-order valence-corrected chi connectivity index (χ1v) is 7.86. The van der Waals surface area contributed by atoms with Crippen LogP contribution in [0.1, 0.15) is 11.8 Å². The molecule has 0 aliphatic carbocycles. The molecule has 0 amide bonds. The molecule has 9 heteroatoms. The molecule has 1 aromatic heterocycles. The Morgan fingerprint density at radius 3 is 2.17 bits per heavy atom. The van der Waals surface area contributed by atoms with Crippen LogP contribution in [0.4, 0.5) is 8.78 Å². The fraction of sp³-hybridized carbons (Fsp3) is 0. The molecule has 3 rings (SSSR count). The molecular weight excluding hydrogens is 454 g/mol. The zero-order chi connectivity index (χ0) is 17.7. The van der Waals surface area contributed by atoms with E-state index in [9.17, 15) is 13.6 Å². The first kappa shape index (κ1) is 18.2. The average Bonchev–Trinajstić information content (AvgIpc) is 3.00. The van der Waals surface area contributed by atoms with Gasteiger partial charge >= 0.3 is 5.97 Å². The van der Waals surface area contributed by atoms with Gasteiger partial charge in [-0.1, -0.05) is 31.9 Å². The number of rotatable bonds is 2. The van der Waals surface area contributed by atoms with Crippen LogP contribution in [0.2, 0.25) is 0 Å². The molecule has 1 heterocycles. The van der Waals surface area contributed by atoms with Gasteiger partial charge in [0, 0.05) is 15.9 Å². The van der Waals surface area contributed by atoms with Crippen LogP contribution in [0.25, 0.3) is 11.5 Å². The van der Waals surface area contributed by atoms with Crippen LogP contribution in [0.15, 0.2) is 56.2 Å². The van der Waals surface area contributed by atoms with Crippen LogP contribution < -0.4 is 0 Å². The lowest BCUT2D eigenvalue weighted by Gasteiger charge is -1.96. The smallest absolute Gasteiger partial charge is 0.335 e. The summed E-state index contributed by atoms with van der Waals surface area (Å²) in [5.74, 6) is -1.73. The Hall–Kier alpha value is -2.13. The molecular formula is C15H10Br2F2N2O3. The van der Waals surface area contributed by atoms with E-state index in [4.69, 9.17) is 9.52 Å². The zero-order valence-electron chi connectivity index (χ0n) is 11.7. The summed E-state index contributed by atoms with van der Waals surface area (Å²) in [5, 5.41) is 15.6. The highest BCUT2D eigenvalue weighted by Crippen LogP contribution is 2.22. The van der Waals surface area contributed by atoms with E-state index in [0.29, 0.717) is 20.4 Å². The summed E-state index contributed by atoms with van der Waals surface area (Å²) in [7, 11) is 0. The van der Waals surface area contributed by atoms with Gasteiger partial charge in [0.15, 0.2) is 0 Å². The van der Waals surface area contributed by atoms with Crippen LogP contribution in [-0.4, -0.2) is 21.3 Å². The quantitative estimate of drug-likeness (QED) is 0.566. The minimum Gasteiger partial charge on any atom is -0.478 e. The van der Waals surface area contributed by atoms with Crippen LogP contribution in [0, 0.1) is 11.6 Å². The number of nitrogens with zero attached hydrogens (tertiary/aromatic N) is 2. The molecule has 3 aromatic rings. The lowest BCUT2D eigenvalue weighted by molar-refractivity contribution is 0.0696. The summed E-state index contributed by atoms with van der Waals surface area (Å²) < 4.78 is 31.4. The molecule has 2 aromatic carbocycles. The van der Waals surface area contributed by atoms with E-state index < -0.39 is 11.8 Å². The maximum atomic E-state index is 12.9. The van der Waals surface area contributed by atoms with Crippen LogP contribution >= 0.6 is 31.9 Å². The predicted molar refractivity (Wildman–Crippen MR) is 90.6 cm³/mol. The van der Waals surface area contributed by atoms with Gasteiger partial charge in [-0.3, -0.25) is 0 Å². The van der Waals surface area contributed by atoms with Gasteiger partial charge in [-0.15, -0.1) is 10.2 Å². The van der Waals surface area contributed by atoms with E-state index in [1.807, 2.05) is 0 Å². The van der Waals surface area contributed by atoms with Crippen molar-refractivity contribution in [2.75, 3.05) is 0 Å². The van der Waals surface area contributed by atoms with Gasteiger partial charge in [0.25, 0.3) is 0 Å². The van der Waals surface area contributed by atoms with E-state index in [2.05, 4.69) is 42.1 Å². The van der Waals surface area contributed by atoms with E-state index in [1.54, 1.807) is 6.07 Å². The highest BCUT2D eigenvalue weighted by atomic mass is 79.9. The maximum Gasteiger partial charge on any atom is 0.335 e. The Kier molecular flexibility index (Phi) is 6.16. The Morgan fingerprint density at radius 1 is 1.04 bits per heavy atom. The lowest BCUT2D eigenvalue weighted by Crippen LogP contribution is -1.96. The fourth-order valence-electron chi connectivity index (χ4n) is 1.65. The Bertz CT molecular complexity index is 823. The summed E-state index contributed by atoms with van der Waals surface area (Å²) in [6.45, 7) is 0. The number of halogens is 4. The highest BCUT2D eigenvalue weighted by molar-refractivity contribution is 9.10. The molecule has 0 atom stereocenters. The molecule has 5 nitrogen and oxygen atoms in total. The molecule has 0 bridgehead atoms. The topological polar surface area (TPSA) is 76.2 Å². The third-order valence-corrected chi connectivity index (χ3v) is 3.49. The summed E-state index contributed by atoms with van der Waals surface area (Å²) in [6.07, 6.45) is 1.20. The minimum atomic E-state index is -1.13. The van der Waals surface area contributed by atoms with Crippen molar-refractivity contribution in [1.29, 1.82) is 0 Å². The van der Waals surface area contributed by atoms with Crippen molar-refractivity contribution in [3.8, 4) is 11.5 Å². The normalized spacial score (nSPS) is 10.0. The largest absolute Gasteiger partial charge is 0.478 e. The monoisotopic (exact) mass is 463 g/mol. The number of hydrogen-bond acceptors (Lipinski definition) is 4. The Morgan fingerprint density at radius 2 is 1.67 bits per heavy atom. The number of carboxylic acids is 1. The highest BCUT2D eigenvalue weighted by Gasteiger charge is 2.06. The lowest BCUT2D eigenvalue weighted by atomic mass is 10.2. The molecule has 0 spiro atoms. The summed E-state index contributed by atoms with van der Waals surface area (Å²) in [6, 6.07) is 7.90. The van der Waals surface area contributed by atoms with E-state index in [0.717, 1.165) is 6.07 Å². The predicted octanol–water partition coefficient (Wildman–Crippen LogP) is 5.17. The molecule has 0 saturated carbocycles. The fourth-order valence-corrected chi connectivity index (χ4v) is 2.58. The van der Waals surface area contributed by atoms with Gasteiger partial charge in [0.1, 0.15) is 11.6 Å². The zero-order valence-corrected chi connectivity index (χ0v) is 14.9. The van der Waals surface area contributed by atoms with E-state index in [1.165, 1.54) is 30.7 Å². The molecule has 0 fully saturated rings. The third-order valence-electron chi connectivity index (χ3n) is 2.58. The van der Waals surface area contributed by atoms with Crippen molar-refractivity contribution in [2.45, 2.75) is 0 Å². The second-order valence-electron chi connectivity index (χ2n) is 4.37. The van der Waals surface area contributed by atoms with Crippen molar-refractivity contribution in [3.05, 3.63) is 68.9 Å². The van der Waals surface area contributed by atoms with E-state index >= 15 is 0 Å². The van der Waals surface area contributed by atoms with Gasteiger partial charge in [0.2, 0.25) is 12.3 Å². The number of hydrogen-bond donors (Lipinski definition) is 1. The number of aromatic nitrogens is 2. The SMILES string of the molecule is Fc1cc(Br)cc(-c2nnco2)c1.O=C(O)c1cc(F)cc(Br)c1.[2HH]. The molecule has 0 aliphatic rings. The number of aromatic carboxylic acids is 1. The Labute approximate surface area is 153 Å². The van der Waals surface area contributed by atoms with Crippen molar-refractivity contribution in [3.63, 3.8) is 0 Å². The van der Waals surface area contributed by atoms with Crippen LogP contribution in [-0.2, 0) is 0 Å². The molecule has 0 aliphatic heterocycles. The van der Waals surface area contributed by atoms with Crippen molar-refractivity contribution in [1.82, 2.24) is 10.2 Å². The van der Waals surface area contributed by atoms with Crippen molar-refractivity contribution in [2.24, 2.45) is 0 Å². The van der Waals surface area contributed by atoms with Gasteiger partial charge in [-0.05, 0) is 36.4 Å². The number of benzene rings is 2. The Balaban J connectivity index is 0.000000244. The molecule has 1 N–H and O–H groups in total. The van der Waals surface area contributed by atoms with Gasteiger partial charge in [-0.2, -0.15) is 0 Å². The van der Waals surface area contributed by atoms with Gasteiger partial charge in [0.05, 0.1) is 5.56 Å². The van der Waals surface area contributed by atoms with E-state index in [-0.39, 0.29) is 12.8 Å². The molecule has 0 saturated heterocycles. The minimum absolute atomic E-state index is 0. The second kappa shape index (κ2) is 8.11. The summed E-state index contributed by atoms with van der Waals surface area (Å²) in [5.41, 5.74) is 0.501. The van der Waals surface area contributed by atoms with Crippen molar-refractivity contribution >= 4 is 37.8 Å². The number of carbonyl (C=O) groups is 1. The van der Waals surface area contributed by atoms with Gasteiger partial charge in [-0.25, -0.2) is 13.6 Å². The average molecular weight is 465 g/mol. The standard InChI is InChI=1S/C8H4BrFN2O.C7H4BrFO2.H2/c9-6-1-5(2-7(10)3-6)8-12-11-4-13-8;8-5-1-4(7(10)11)2-6(9)3-5;/h1-4H;1-3H,(H,10,11);1H/i;;1+1.